The van der Waals surface area contributed by atoms with Crippen LogP contribution in [0.5, 0.6) is 0 Å². The maximum atomic E-state index is 11.9. The van der Waals surface area contributed by atoms with Crippen LogP contribution in [0, 0.1) is 34.5 Å². The highest BCUT2D eigenvalue weighted by Gasteiger charge is 2.60. The normalized spacial score (nSPS) is 46.9. The topological polar surface area (TPSA) is 52.6 Å². The zero-order chi connectivity index (χ0) is 18.5. The maximum absolute atomic E-state index is 11.9. The summed E-state index contributed by atoms with van der Waals surface area (Å²) in [6.07, 6.45) is 11.0. The number of fused-ring (bicyclic) bond motifs is 5. The number of allylic oxidation sites excluding steroid dienone is 2. The summed E-state index contributed by atoms with van der Waals surface area (Å²) in [4.78, 5) is 23.8. The third-order valence-electron chi connectivity index (χ3n) is 8.45. The van der Waals surface area contributed by atoms with Gasteiger partial charge in [-0.3, -0.25) is 4.79 Å². The predicted molar refractivity (Wildman–Crippen MR) is 98.5 cm³/mol. The van der Waals surface area contributed by atoms with Gasteiger partial charge in [0.15, 0.2) is 5.78 Å². The number of carbonyl (C=O) groups is 2. The largest absolute Gasteiger partial charge is 0.508 e. The number of rotatable bonds is 2. The predicted octanol–water partition coefficient (Wildman–Crippen LogP) is 4.92. The van der Waals surface area contributed by atoms with Gasteiger partial charge in [-0.2, -0.15) is 0 Å². The Hall–Kier alpha value is -1.32. The summed E-state index contributed by atoms with van der Waals surface area (Å²) in [5.74, 6) is 2.77. The fourth-order valence-corrected chi connectivity index (χ4v) is 7.05. The molecule has 4 aliphatic rings. The van der Waals surface area contributed by atoms with E-state index in [1.165, 1.54) is 12.8 Å². The first-order valence-electron chi connectivity index (χ1n) is 10.4. The van der Waals surface area contributed by atoms with Gasteiger partial charge in [-0.05, 0) is 80.6 Å². The standard InChI is InChI=1S/C22H32O4/c1-4-25-20(24)26-19-8-7-17-16-6-5-14-13-15(23)9-11-21(14,2)18(16)10-12-22(17,19)3/h9,11,14,16-19H,4-8,10,12-13H2,1-3H3/t14-,16-,17-,18-,19-,21-,22-/m0/s1. The Balaban J connectivity index is 1.55. The molecule has 4 rings (SSSR count). The lowest BCUT2D eigenvalue weighted by Crippen LogP contribution is -2.53. The van der Waals surface area contributed by atoms with Gasteiger partial charge in [-0.1, -0.05) is 19.9 Å². The molecule has 0 unspecified atom stereocenters. The van der Waals surface area contributed by atoms with Crippen molar-refractivity contribution in [2.45, 2.75) is 71.8 Å². The minimum Gasteiger partial charge on any atom is -0.435 e. The van der Waals surface area contributed by atoms with Crippen molar-refractivity contribution in [3.8, 4) is 0 Å². The Morgan fingerprint density at radius 2 is 1.96 bits per heavy atom. The molecule has 0 amide bonds. The second-order valence-corrected chi connectivity index (χ2v) is 9.43. The van der Waals surface area contributed by atoms with Crippen LogP contribution in [0.2, 0.25) is 0 Å². The summed E-state index contributed by atoms with van der Waals surface area (Å²) in [7, 11) is 0. The fourth-order valence-electron chi connectivity index (χ4n) is 7.05. The molecule has 0 aromatic rings. The summed E-state index contributed by atoms with van der Waals surface area (Å²) < 4.78 is 10.8. The Labute approximate surface area is 156 Å². The lowest BCUT2D eigenvalue weighted by molar-refractivity contribution is -0.124. The van der Waals surface area contributed by atoms with Gasteiger partial charge in [0.1, 0.15) is 6.10 Å². The summed E-state index contributed by atoms with van der Waals surface area (Å²) >= 11 is 0. The van der Waals surface area contributed by atoms with Crippen molar-refractivity contribution in [3.05, 3.63) is 12.2 Å². The molecule has 26 heavy (non-hydrogen) atoms. The Morgan fingerprint density at radius 3 is 2.73 bits per heavy atom. The van der Waals surface area contributed by atoms with Gasteiger partial charge in [-0.25, -0.2) is 4.79 Å². The van der Waals surface area contributed by atoms with Crippen LogP contribution in [-0.4, -0.2) is 24.6 Å². The van der Waals surface area contributed by atoms with Crippen molar-refractivity contribution >= 4 is 11.9 Å². The first-order chi connectivity index (χ1) is 12.4. The average molecular weight is 360 g/mol. The van der Waals surface area contributed by atoms with Crippen molar-refractivity contribution in [1.29, 1.82) is 0 Å². The van der Waals surface area contributed by atoms with E-state index in [0.29, 0.717) is 36.1 Å². The van der Waals surface area contributed by atoms with E-state index in [2.05, 4.69) is 19.9 Å². The van der Waals surface area contributed by atoms with Gasteiger partial charge in [0, 0.05) is 11.8 Å². The molecule has 0 aromatic heterocycles. The molecule has 0 aliphatic heterocycles. The highest BCUT2D eigenvalue weighted by atomic mass is 16.7. The second kappa shape index (κ2) is 6.38. The number of hydrogen-bond donors (Lipinski definition) is 0. The lowest BCUT2D eigenvalue weighted by Gasteiger charge is -2.58. The molecule has 4 nitrogen and oxygen atoms in total. The van der Waals surface area contributed by atoms with E-state index in [4.69, 9.17) is 9.47 Å². The molecule has 144 valence electrons. The van der Waals surface area contributed by atoms with Crippen LogP contribution in [0.15, 0.2) is 12.2 Å². The summed E-state index contributed by atoms with van der Waals surface area (Å²) in [5, 5.41) is 0. The monoisotopic (exact) mass is 360 g/mol. The molecule has 4 heteroatoms. The van der Waals surface area contributed by atoms with Gasteiger partial charge < -0.3 is 9.47 Å². The van der Waals surface area contributed by atoms with Crippen LogP contribution in [0.1, 0.15) is 65.7 Å². The molecule has 0 radical (unpaired) electrons. The van der Waals surface area contributed by atoms with Gasteiger partial charge in [0.2, 0.25) is 0 Å². The third kappa shape index (κ3) is 2.63. The van der Waals surface area contributed by atoms with Crippen LogP contribution in [0.25, 0.3) is 0 Å². The van der Waals surface area contributed by atoms with E-state index in [-0.39, 0.29) is 16.9 Å². The molecular formula is C22H32O4. The number of ketones is 1. The summed E-state index contributed by atoms with van der Waals surface area (Å²) in [5.41, 5.74) is 0.240. The van der Waals surface area contributed by atoms with Crippen LogP contribution in [-0.2, 0) is 14.3 Å². The number of hydrogen-bond acceptors (Lipinski definition) is 4. The van der Waals surface area contributed by atoms with Crippen LogP contribution < -0.4 is 0 Å². The molecule has 7 atom stereocenters. The molecule has 0 aromatic carbocycles. The van der Waals surface area contributed by atoms with Crippen LogP contribution >= 0.6 is 0 Å². The van der Waals surface area contributed by atoms with E-state index in [0.717, 1.165) is 32.1 Å². The van der Waals surface area contributed by atoms with Gasteiger partial charge in [0.25, 0.3) is 0 Å². The zero-order valence-electron chi connectivity index (χ0n) is 16.3. The van der Waals surface area contributed by atoms with E-state index < -0.39 is 6.16 Å². The lowest BCUT2D eigenvalue weighted by atomic mass is 9.46. The van der Waals surface area contributed by atoms with Crippen molar-refractivity contribution in [2.75, 3.05) is 6.61 Å². The van der Waals surface area contributed by atoms with Crippen molar-refractivity contribution in [3.63, 3.8) is 0 Å². The minimum atomic E-state index is -0.508. The fraction of sp³-hybridized carbons (Fsp3) is 0.818. The van der Waals surface area contributed by atoms with E-state index in [9.17, 15) is 9.59 Å². The van der Waals surface area contributed by atoms with Crippen molar-refractivity contribution in [2.24, 2.45) is 34.5 Å². The maximum Gasteiger partial charge on any atom is 0.508 e. The number of ether oxygens (including phenoxy) is 2. The molecule has 4 aliphatic carbocycles. The highest BCUT2D eigenvalue weighted by Crippen LogP contribution is 2.65. The van der Waals surface area contributed by atoms with Crippen LogP contribution in [0.3, 0.4) is 0 Å². The van der Waals surface area contributed by atoms with Crippen molar-refractivity contribution in [1.82, 2.24) is 0 Å². The highest BCUT2D eigenvalue weighted by molar-refractivity contribution is 5.91. The van der Waals surface area contributed by atoms with Gasteiger partial charge in [0.05, 0.1) is 6.61 Å². The Morgan fingerprint density at radius 1 is 1.15 bits per heavy atom. The Bertz CT molecular complexity index is 626. The molecule has 0 spiro atoms. The van der Waals surface area contributed by atoms with Gasteiger partial charge in [-0.15, -0.1) is 0 Å². The van der Waals surface area contributed by atoms with E-state index in [1.807, 2.05) is 13.0 Å². The SMILES string of the molecule is CCOC(=O)O[C@H]1CC[C@H]2[C@@H]3CC[C@H]4CC(=O)C=C[C@]4(C)[C@H]3CC[C@]12C. The quantitative estimate of drug-likeness (QED) is 0.656. The first-order valence-corrected chi connectivity index (χ1v) is 10.4. The first kappa shape index (κ1) is 18.1. The minimum absolute atomic E-state index is 0.0125. The van der Waals surface area contributed by atoms with E-state index >= 15 is 0 Å². The van der Waals surface area contributed by atoms with Crippen LogP contribution in [0.4, 0.5) is 4.79 Å². The Kier molecular flexibility index (Phi) is 4.44. The molecule has 0 heterocycles. The molecule has 3 fully saturated rings. The zero-order valence-corrected chi connectivity index (χ0v) is 16.3. The molecule has 3 saturated carbocycles. The summed E-state index contributed by atoms with van der Waals surface area (Å²) in [6.45, 7) is 6.90. The third-order valence-corrected chi connectivity index (χ3v) is 8.45. The average Bonchev–Trinajstić information content (AvgIpc) is 2.92. The van der Waals surface area contributed by atoms with E-state index in [1.54, 1.807) is 0 Å². The summed E-state index contributed by atoms with van der Waals surface area (Å²) in [6, 6.07) is 0. The molecule has 0 saturated heterocycles. The molecular weight excluding hydrogens is 328 g/mol. The second-order valence-electron chi connectivity index (χ2n) is 9.43. The van der Waals surface area contributed by atoms with Crippen molar-refractivity contribution < 1.29 is 19.1 Å². The molecule has 0 N–H and O–H groups in total. The smallest absolute Gasteiger partial charge is 0.435 e. The number of carbonyl (C=O) groups excluding carboxylic acids is 2. The molecule has 0 bridgehead atoms. The van der Waals surface area contributed by atoms with Gasteiger partial charge >= 0.3 is 6.16 Å².